The number of imidazole rings is 1. The maximum absolute atomic E-state index is 13.5. The normalized spacial score (nSPS) is 10.4. The molecule has 0 atom stereocenters. The van der Waals surface area contributed by atoms with Crippen LogP contribution in [-0.2, 0) is 0 Å². The van der Waals surface area contributed by atoms with Crippen LogP contribution in [0.15, 0.2) is 24.7 Å². The van der Waals surface area contributed by atoms with E-state index in [1.165, 1.54) is 17.1 Å². The molecule has 1 heterocycles. The van der Waals surface area contributed by atoms with Crippen molar-refractivity contribution < 1.29 is 13.6 Å². The number of carbonyl (C=O) groups excluding carboxylic acids is 1. The van der Waals surface area contributed by atoms with Crippen molar-refractivity contribution in [3.8, 4) is 5.69 Å². The number of rotatable bonds is 2. The van der Waals surface area contributed by atoms with Crippen molar-refractivity contribution in [3.05, 3.63) is 47.5 Å². The molecule has 2 rings (SSSR count). The van der Waals surface area contributed by atoms with Crippen LogP contribution in [0.5, 0.6) is 0 Å². The summed E-state index contributed by atoms with van der Waals surface area (Å²) in [6.07, 6.45) is 3.22. The number of halogens is 2. The molecule has 0 radical (unpaired) electrons. The lowest BCUT2D eigenvalue weighted by Crippen LogP contribution is -2.00. The van der Waals surface area contributed by atoms with Gasteiger partial charge in [-0.1, -0.05) is 0 Å². The molecule has 0 N–H and O–H groups in total. The molecule has 0 saturated carbocycles. The van der Waals surface area contributed by atoms with Gasteiger partial charge in [0.05, 0.1) is 12.0 Å². The summed E-state index contributed by atoms with van der Waals surface area (Å²) in [7, 11) is 0. The monoisotopic (exact) mass is 222 g/mol. The number of aromatic nitrogens is 2. The molecule has 0 saturated heterocycles. The molecule has 16 heavy (non-hydrogen) atoms. The summed E-state index contributed by atoms with van der Waals surface area (Å²) >= 11 is 0. The van der Waals surface area contributed by atoms with Crippen molar-refractivity contribution in [1.82, 2.24) is 9.55 Å². The first kappa shape index (κ1) is 10.5. The van der Waals surface area contributed by atoms with E-state index in [1.54, 1.807) is 6.92 Å². The maximum Gasteiger partial charge on any atom is 0.150 e. The van der Waals surface area contributed by atoms with Crippen LogP contribution in [0.4, 0.5) is 8.78 Å². The number of carbonyl (C=O) groups is 1. The Morgan fingerprint density at radius 1 is 1.31 bits per heavy atom. The summed E-state index contributed by atoms with van der Waals surface area (Å²) in [6, 6.07) is 1.97. The second-order valence-corrected chi connectivity index (χ2v) is 3.37. The van der Waals surface area contributed by atoms with E-state index in [0.717, 1.165) is 12.1 Å². The predicted octanol–water partition coefficient (Wildman–Crippen LogP) is 2.27. The average Bonchev–Trinajstić information content (AvgIpc) is 2.63. The van der Waals surface area contributed by atoms with Crippen LogP contribution in [0.1, 0.15) is 16.1 Å². The van der Waals surface area contributed by atoms with Gasteiger partial charge in [-0.2, -0.15) is 0 Å². The Balaban J connectivity index is 2.61. The molecule has 0 aliphatic carbocycles. The molecule has 0 bridgehead atoms. The van der Waals surface area contributed by atoms with Gasteiger partial charge >= 0.3 is 0 Å². The molecule has 1 aromatic heterocycles. The second kappa shape index (κ2) is 3.84. The van der Waals surface area contributed by atoms with Crippen LogP contribution < -0.4 is 0 Å². The lowest BCUT2D eigenvalue weighted by Gasteiger charge is -2.05. The number of hydrogen-bond donors (Lipinski definition) is 0. The molecule has 0 spiro atoms. The first-order chi connectivity index (χ1) is 7.61. The van der Waals surface area contributed by atoms with E-state index in [9.17, 15) is 13.6 Å². The standard InChI is InChI=1S/C11H8F2N2O/c1-7-4-15(6-14-7)11-9(12)2-8(5-16)3-10(11)13/h2-6H,1H3. The minimum atomic E-state index is -0.792. The number of nitrogens with zero attached hydrogens (tertiary/aromatic N) is 2. The van der Waals surface area contributed by atoms with E-state index in [1.807, 2.05) is 0 Å². The molecule has 3 nitrogen and oxygen atoms in total. The fraction of sp³-hybridized carbons (Fsp3) is 0.0909. The topological polar surface area (TPSA) is 34.9 Å². The van der Waals surface area contributed by atoms with Crippen LogP contribution >= 0.6 is 0 Å². The molecule has 2 aromatic rings. The van der Waals surface area contributed by atoms with Crippen LogP contribution in [0.2, 0.25) is 0 Å². The Morgan fingerprint density at radius 2 is 1.94 bits per heavy atom. The van der Waals surface area contributed by atoms with Crippen molar-refractivity contribution >= 4 is 6.29 Å². The highest BCUT2D eigenvalue weighted by atomic mass is 19.1. The fourth-order valence-corrected chi connectivity index (χ4v) is 1.44. The summed E-state index contributed by atoms with van der Waals surface area (Å²) in [5.41, 5.74) is 0.389. The van der Waals surface area contributed by atoms with Gasteiger partial charge in [-0.3, -0.25) is 4.79 Å². The number of aldehydes is 1. The Kier molecular flexibility index (Phi) is 2.52. The van der Waals surface area contributed by atoms with Crippen LogP contribution in [-0.4, -0.2) is 15.8 Å². The fourth-order valence-electron chi connectivity index (χ4n) is 1.44. The zero-order chi connectivity index (χ0) is 11.7. The van der Waals surface area contributed by atoms with Gasteiger partial charge < -0.3 is 4.57 Å². The van der Waals surface area contributed by atoms with E-state index < -0.39 is 11.6 Å². The lowest BCUT2D eigenvalue weighted by molar-refractivity contribution is 0.112. The van der Waals surface area contributed by atoms with Crippen molar-refractivity contribution in [2.24, 2.45) is 0 Å². The van der Waals surface area contributed by atoms with Crippen LogP contribution in [0, 0.1) is 18.6 Å². The van der Waals surface area contributed by atoms with E-state index in [4.69, 9.17) is 0 Å². The minimum absolute atomic E-state index is 0.0319. The predicted molar refractivity (Wildman–Crippen MR) is 53.6 cm³/mol. The van der Waals surface area contributed by atoms with E-state index in [2.05, 4.69) is 4.98 Å². The molecule has 0 amide bonds. The van der Waals surface area contributed by atoms with Gasteiger partial charge in [0.1, 0.15) is 12.0 Å². The van der Waals surface area contributed by atoms with Crippen molar-refractivity contribution in [2.75, 3.05) is 0 Å². The van der Waals surface area contributed by atoms with Gasteiger partial charge in [-0.25, -0.2) is 13.8 Å². The smallest absolute Gasteiger partial charge is 0.150 e. The Morgan fingerprint density at radius 3 is 2.38 bits per heavy atom. The van der Waals surface area contributed by atoms with E-state index >= 15 is 0 Å². The third kappa shape index (κ3) is 1.71. The Bertz CT molecular complexity index is 526. The Hall–Kier alpha value is -2.04. The van der Waals surface area contributed by atoms with Gasteiger partial charge in [0.2, 0.25) is 0 Å². The maximum atomic E-state index is 13.5. The zero-order valence-electron chi connectivity index (χ0n) is 8.45. The summed E-state index contributed by atoms with van der Waals surface area (Å²) < 4.78 is 28.3. The summed E-state index contributed by atoms with van der Waals surface area (Å²) in [5.74, 6) is -1.58. The van der Waals surface area contributed by atoms with Crippen molar-refractivity contribution in [2.45, 2.75) is 6.92 Å². The van der Waals surface area contributed by atoms with Gasteiger partial charge in [-0.15, -0.1) is 0 Å². The molecule has 0 fully saturated rings. The Labute approximate surface area is 90.3 Å². The zero-order valence-corrected chi connectivity index (χ0v) is 8.45. The molecule has 0 aliphatic heterocycles. The van der Waals surface area contributed by atoms with Gasteiger partial charge in [0.25, 0.3) is 0 Å². The first-order valence-corrected chi connectivity index (χ1v) is 4.57. The third-order valence-electron chi connectivity index (χ3n) is 2.15. The lowest BCUT2D eigenvalue weighted by atomic mass is 10.2. The largest absolute Gasteiger partial charge is 0.301 e. The summed E-state index contributed by atoms with van der Waals surface area (Å²) in [6.45, 7) is 1.71. The van der Waals surface area contributed by atoms with Crippen LogP contribution in [0.3, 0.4) is 0 Å². The number of aryl methyl sites for hydroxylation is 1. The second-order valence-electron chi connectivity index (χ2n) is 3.37. The van der Waals surface area contributed by atoms with Gasteiger partial charge in [0.15, 0.2) is 11.6 Å². The molecule has 0 aliphatic rings. The van der Waals surface area contributed by atoms with Crippen molar-refractivity contribution in [3.63, 3.8) is 0 Å². The van der Waals surface area contributed by atoms with Gasteiger partial charge in [-0.05, 0) is 19.1 Å². The van der Waals surface area contributed by atoms with Gasteiger partial charge in [0, 0.05) is 11.8 Å². The highest BCUT2D eigenvalue weighted by Gasteiger charge is 2.13. The van der Waals surface area contributed by atoms with Crippen LogP contribution in [0.25, 0.3) is 5.69 Å². The quantitative estimate of drug-likeness (QED) is 0.730. The van der Waals surface area contributed by atoms with Crippen molar-refractivity contribution in [1.29, 1.82) is 0 Å². The summed E-state index contributed by atoms with van der Waals surface area (Å²) in [5, 5.41) is 0. The number of benzene rings is 1. The first-order valence-electron chi connectivity index (χ1n) is 4.57. The average molecular weight is 222 g/mol. The minimum Gasteiger partial charge on any atom is -0.301 e. The molecular weight excluding hydrogens is 214 g/mol. The molecule has 5 heteroatoms. The molecular formula is C11H8F2N2O. The highest BCUT2D eigenvalue weighted by Crippen LogP contribution is 2.19. The SMILES string of the molecule is Cc1cn(-c2c(F)cc(C=O)cc2F)cn1. The molecule has 1 aromatic carbocycles. The molecule has 0 unspecified atom stereocenters. The summed E-state index contributed by atoms with van der Waals surface area (Å²) in [4.78, 5) is 14.3. The third-order valence-corrected chi connectivity index (χ3v) is 2.15. The number of hydrogen-bond acceptors (Lipinski definition) is 2. The molecule has 82 valence electrons. The highest BCUT2D eigenvalue weighted by molar-refractivity contribution is 5.75. The van der Waals surface area contributed by atoms with E-state index in [0.29, 0.717) is 12.0 Å². The van der Waals surface area contributed by atoms with E-state index in [-0.39, 0.29) is 11.3 Å².